The zero-order chi connectivity index (χ0) is 24.4. The molecule has 0 radical (unpaired) electrons. The van der Waals surface area contributed by atoms with Crippen LogP contribution in [-0.2, 0) is 37.3 Å². The van der Waals surface area contributed by atoms with Gasteiger partial charge >= 0.3 is 6.09 Å². The Morgan fingerprint density at radius 1 is 1.06 bits per heavy atom. The number of benzene rings is 2. The van der Waals surface area contributed by atoms with E-state index < -0.39 is 27.9 Å². The predicted octanol–water partition coefficient (Wildman–Crippen LogP) is 2.19. The number of morpholine rings is 1. The molecule has 1 fully saturated rings. The Morgan fingerprint density at radius 2 is 1.76 bits per heavy atom. The predicted molar refractivity (Wildman–Crippen MR) is 129 cm³/mol. The topological polar surface area (TPSA) is 114 Å². The number of nitrogens with zero attached hydrogens (tertiary/aromatic N) is 1. The summed E-state index contributed by atoms with van der Waals surface area (Å²) in [5, 5.41) is 5.29. The summed E-state index contributed by atoms with van der Waals surface area (Å²) >= 11 is 0. The minimum absolute atomic E-state index is 0.0384. The number of hydrogen-bond donors (Lipinski definition) is 2. The van der Waals surface area contributed by atoms with Crippen LogP contribution in [0.25, 0.3) is 0 Å². The van der Waals surface area contributed by atoms with Crippen LogP contribution < -0.4 is 10.6 Å². The highest BCUT2D eigenvalue weighted by Gasteiger charge is 2.23. The van der Waals surface area contributed by atoms with Crippen LogP contribution in [0.2, 0.25) is 0 Å². The molecule has 9 nitrogen and oxygen atoms in total. The molecule has 2 N–H and O–H groups in total. The Hall–Kier alpha value is -2.95. The van der Waals surface area contributed by atoms with Gasteiger partial charge in [0.1, 0.15) is 22.5 Å². The Bertz CT molecular complexity index is 1060. The summed E-state index contributed by atoms with van der Waals surface area (Å²) in [6, 6.07) is 15.5. The molecule has 0 aromatic heterocycles. The molecule has 1 heterocycles. The van der Waals surface area contributed by atoms with Gasteiger partial charge in [-0.15, -0.1) is 0 Å². The summed E-state index contributed by atoms with van der Waals surface area (Å²) in [5.74, 6) is -0.759. The van der Waals surface area contributed by atoms with E-state index in [1.165, 1.54) is 0 Å². The molecule has 10 heteroatoms. The highest BCUT2D eigenvalue weighted by molar-refractivity contribution is 7.90. The van der Waals surface area contributed by atoms with Gasteiger partial charge in [-0.25, -0.2) is 13.2 Å². The van der Waals surface area contributed by atoms with Crippen molar-refractivity contribution in [3.63, 3.8) is 0 Å². The van der Waals surface area contributed by atoms with Crippen molar-refractivity contribution in [1.82, 2.24) is 10.2 Å². The fourth-order valence-electron chi connectivity index (χ4n) is 3.50. The van der Waals surface area contributed by atoms with Crippen molar-refractivity contribution in [2.45, 2.75) is 25.6 Å². The summed E-state index contributed by atoms with van der Waals surface area (Å²) in [4.78, 5) is 27.5. The molecule has 0 bridgehead atoms. The SMILES string of the molecule is CS(=O)(=O)CCC(NC(=O)OCc1ccccc1)C(=O)Nc1cccc(CN2CCOCC2)c1. The summed E-state index contributed by atoms with van der Waals surface area (Å²) in [5.41, 5.74) is 2.40. The molecule has 1 unspecified atom stereocenters. The smallest absolute Gasteiger partial charge is 0.408 e. The number of ether oxygens (including phenoxy) is 2. The third-order valence-electron chi connectivity index (χ3n) is 5.30. The molecular formula is C24H31N3O6S. The normalized spacial score (nSPS) is 15.3. The number of amides is 2. The molecule has 2 aromatic carbocycles. The highest BCUT2D eigenvalue weighted by atomic mass is 32.2. The van der Waals surface area contributed by atoms with E-state index in [4.69, 9.17) is 9.47 Å². The lowest BCUT2D eigenvalue weighted by Gasteiger charge is -2.26. The number of nitrogens with one attached hydrogen (secondary N) is 2. The van der Waals surface area contributed by atoms with Crippen molar-refractivity contribution in [3.8, 4) is 0 Å². The zero-order valence-electron chi connectivity index (χ0n) is 19.2. The van der Waals surface area contributed by atoms with Crippen molar-refractivity contribution in [2.75, 3.05) is 43.6 Å². The molecule has 34 heavy (non-hydrogen) atoms. The summed E-state index contributed by atoms with van der Waals surface area (Å²) < 4.78 is 33.9. The van der Waals surface area contributed by atoms with Crippen LogP contribution in [0.5, 0.6) is 0 Å². The molecule has 1 atom stereocenters. The van der Waals surface area contributed by atoms with Gasteiger partial charge in [-0.3, -0.25) is 9.69 Å². The second kappa shape index (κ2) is 12.5. The lowest BCUT2D eigenvalue weighted by molar-refractivity contribution is -0.118. The Morgan fingerprint density at radius 3 is 2.47 bits per heavy atom. The van der Waals surface area contributed by atoms with Crippen LogP contribution in [0.1, 0.15) is 17.5 Å². The third kappa shape index (κ3) is 9.12. The van der Waals surface area contributed by atoms with Gasteiger partial charge < -0.3 is 20.1 Å². The number of carbonyl (C=O) groups excluding carboxylic acids is 2. The van der Waals surface area contributed by atoms with Crippen molar-refractivity contribution in [3.05, 3.63) is 65.7 Å². The van der Waals surface area contributed by atoms with E-state index >= 15 is 0 Å². The van der Waals surface area contributed by atoms with Crippen molar-refractivity contribution >= 4 is 27.5 Å². The minimum atomic E-state index is -3.33. The van der Waals surface area contributed by atoms with E-state index in [0.717, 1.165) is 37.0 Å². The number of alkyl carbamates (subject to hydrolysis) is 1. The molecule has 0 saturated carbocycles. The molecular weight excluding hydrogens is 458 g/mol. The van der Waals surface area contributed by atoms with Gasteiger partial charge in [-0.05, 0) is 29.7 Å². The van der Waals surface area contributed by atoms with E-state index in [1.54, 1.807) is 6.07 Å². The maximum atomic E-state index is 12.9. The standard InChI is InChI=1S/C24H31N3O6S/c1-34(30,31)15-10-22(26-24(29)33-18-19-6-3-2-4-7-19)23(28)25-21-9-5-8-20(16-21)17-27-11-13-32-14-12-27/h2-9,16,22H,10-15,17-18H2,1H3,(H,25,28)(H,26,29). The van der Waals surface area contributed by atoms with Gasteiger partial charge in [-0.1, -0.05) is 42.5 Å². The van der Waals surface area contributed by atoms with Crippen LogP contribution in [0.15, 0.2) is 54.6 Å². The Balaban J connectivity index is 1.61. The maximum Gasteiger partial charge on any atom is 0.408 e. The van der Waals surface area contributed by atoms with E-state index in [2.05, 4.69) is 15.5 Å². The summed E-state index contributed by atoms with van der Waals surface area (Å²) in [6.07, 6.45) is 0.224. The maximum absolute atomic E-state index is 12.9. The van der Waals surface area contributed by atoms with Gasteiger partial charge in [0.2, 0.25) is 5.91 Å². The van der Waals surface area contributed by atoms with Crippen LogP contribution >= 0.6 is 0 Å². The highest BCUT2D eigenvalue weighted by Crippen LogP contribution is 2.15. The van der Waals surface area contributed by atoms with Crippen LogP contribution in [0.4, 0.5) is 10.5 Å². The first kappa shape index (κ1) is 25.7. The first-order valence-corrected chi connectivity index (χ1v) is 13.2. The fourth-order valence-corrected chi connectivity index (χ4v) is 4.17. The lowest BCUT2D eigenvalue weighted by atomic mass is 10.1. The van der Waals surface area contributed by atoms with Crippen molar-refractivity contribution < 1.29 is 27.5 Å². The van der Waals surface area contributed by atoms with Gasteiger partial charge in [0, 0.05) is 31.6 Å². The Kier molecular flexibility index (Phi) is 9.43. The number of rotatable bonds is 10. The lowest BCUT2D eigenvalue weighted by Crippen LogP contribution is -2.45. The molecule has 1 aliphatic rings. The quantitative estimate of drug-likeness (QED) is 0.526. The second-order valence-electron chi connectivity index (χ2n) is 8.26. The van der Waals surface area contributed by atoms with Gasteiger partial charge in [0.25, 0.3) is 0 Å². The summed E-state index contributed by atoms with van der Waals surface area (Å²) in [6.45, 7) is 3.86. The van der Waals surface area contributed by atoms with E-state index in [-0.39, 0.29) is 18.8 Å². The van der Waals surface area contributed by atoms with Crippen LogP contribution in [0.3, 0.4) is 0 Å². The first-order chi connectivity index (χ1) is 16.3. The molecule has 184 valence electrons. The van der Waals surface area contributed by atoms with Gasteiger partial charge in [-0.2, -0.15) is 0 Å². The van der Waals surface area contributed by atoms with Gasteiger partial charge in [0.05, 0.1) is 19.0 Å². The number of anilines is 1. The molecule has 1 aliphatic heterocycles. The molecule has 0 aliphatic carbocycles. The van der Waals surface area contributed by atoms with E-state index in [9.17, 15) is 18.0 Å². The first-order valence-electron chi connectivity index (χ1n) is 11.1. The minimum Gasteiger partial charge on any atom is -0.445 e. The fraction of sp³-hybridized carbons (Fsp3) is 0.417. The average molecular weight is 490 g/mol. The molecule has 2 amide bonds. The molecule has 1 saturated heterocycles. The second-order valence-corrected chi connectivity index (χ2v) is 10.5. The van der Waals surface area contributed by atoms with Crippen LogP contribution in [-0.4, -0.2) is 69.7 Å². The number of carbonyl (C=O) groups is 2. The van der Waals surface area contributed by atoms with Gasteiger partial charge in [0.15, 0.2) is 0 Å². The molecule has 3 rings (SSSR count). The Labute approximate surface area is 200 Å². The zero-order valence-corrected chi connectivity index (χ0v) is 20.1. The monoisotopic (exact) mass is 489 g/mol. The van der Waals surface area contributed by atoms with E-state index in [0.29, 0.717) is 18.9 Å². The third-order valence-corrected chi connectivity index (χ3v) is 6.28. The van der Waals surface area contributed by atoms with E-state index in [1.807, 2.05) is 48.5 Å². The van der Waals surface area contributed by atoms with Crippen molar-refractivity contribution in [2.24, 2.45) is 0 Å². The number of sulfone groups is 1. The van der Waals surface area contributed by atoms with Crippen molar-refractivity contribution in [1.29, 1.82) is 0 Å². The molecule has 0 spiro atoms. The number of hydrogen-bond acceptors (Lipinski definition) is 7. The average Bonchev–Trinajstić information content (AvgIpc) is 2.81. The summed E-state index contributed by atoms with van der Waals surface area (Å²) in [7, 11) is -3.33. The van der Waals surface area contributed by atoms with Crippen LogP contribution in [0, 0.1) is 0 Å². The largest absolute Gasteiger partial charge is 0.445 e. The molecule has 2 aromatic rings.